The summed E-state index contributed by atoms with van der Waals surface area (Å²) < 4.78 is 5.31. The van der Waals surface area contributed by atoms with Gasteiger partial charge in [0.25, 0.3) is 11.8 Å². The molecule has 0 saturated heterocycles. The molecule has 0 fully saturated rings. The molecule has 1 aliphatic rings. The molecule has 0 unspecified atom stereocenters. The summed E-state index contributed by atoms with van der Waals surface area (Å²) in [4.78, 5) is 42.0. The number of carbonyl (C=O) groups is 3. The molecule has 0 bridgehead atoms. The van der Waals surface area contributed by atoms with Gasteiger partial charge in [-0.1, -0.05) is 12.1 Å². The Hall–Kier alpha value is -3.74. The number of nitrogens with zero attached hydrogens (tertiary/aromatic N) is 2. The number of benzene rings is 1. The van der Waals surface area contributed by atoms with E-state index in [1.165, 1.54) is 0 Å². The molecule has 0 spiro atoms. The number of rotatable bonds is 5. The zero-order valence-electron chi connectivity index (χ0n) is 14.2. The third-order valence-electron chi connectivity index (χ3n) is 4.27. The fourth-order valence-corrected chi connectivity index (χ4v) is 2.93. The van der Waals surface area contributed by atoms with Crippen molar-refractivity contribution in [2.24, 2.45) is 0 Å². The number of furan rings is 1. The zero-order valence-corrected chi connectivity index (χ0v) is 14.2. The largest absolute Gasteiger partial charge is 0.463 e. The first-order chi connectivity index (χ1) is 13.1. The van der Waals surface area contributed by atoms with Crippen LogP contribution in [0.15, 0.2) is 65.4 Å². The molecule has 134 valence electrons. The molecule has 7 heteroatoms. The second-order valence-corrected chi connectivity index (χ2v) is 6.05. The first kappa shape index (κ1) is 16.7. The molecule has 0 radical (unpaired) electrons. The van der Waals surface area contributed by atoms with Crippen LogP contribution >= 0.6 is 0 Å². The van der Waals surface area contributed by atoms with Crippen LogP contribution in [0, 0.1) is 0 Å². The average Bonchev–Trinajstić information content (AvgIpc) is 3.31. The van der Waals surface area contributed by atoms with Crippen molar-refractivity contribution in [3.63, 3.8) is 0 Å². The maximum absolute atomic E-state index is 12.3. The molecule has 1 N–H and O–H groups in total. The number of amides is 3. The number of imide groups is 1. The van der Waals surface area contributed by atoms with Crippen LogP contribution in [0.5, 0.6) is 0 Å². The normalized spacial score (nSPS) is 13.0. The molecule has 2 aromatic heterocycles. The summed E-state index contributed by atoms with van der Waals surface area (Å²) in [5, 5.41) is 2.72. The lowest BCUT2D eigenvalue weighted by Crippen LogP contribution is -2.40. The van der Waals surface area contributed by atoms with Gasteiger partial charge < -0.3 is 9.73 Å². The highest BCUT2D eigenvalue weighted by atomic mass is 16.3. The Bertz CT molecular complexity index is 992. The van der Waals surface area contributed by atoms with Crippen LogP contribution in [0.3, 0.4) is 0 Å². The minimum Gasteiger partial charge on any atom is -0.463 e. The van der Waals surface area contributed by atoms with E-state index in [9.17, 15) is 14.4 Å². The maximum Gasteiger partial charge on any atom is 0.262 e. The summed E-state index contributed by atoms with van der Waals surface area (Å²) in [6, 6.07) is 13.7. The second-order valence-electron chi connectivity index (χ2n) is 6.05. The molecule has 4 rings (SSSR count). The number of pyridine rings is 1. The van der Waals surface area contributed by atoms with Crippen molar-refractivity contribution in [3.8, 4) is 11.5 Å². The third kappa shape index (κ3) is 3.22. The van der Waals surface area contributed by atoms with E-state index < -0.39 is 17.7 Å². The minimum atomic E-state index is -0.449. The van der Waals surface area contributed by atoms with Gasteiger partial charge in [-0.05, 0) is 42.0 Å². The van der Waals surface area contributed by atoms with Crippen molar-refractivity contribution in [1.29, 1.82) is 0 Å². The van der Waals surface area contributed by atoms with Crippen LogP contribution in [0.2, 0.25) is 0 Å². The number of carbonyl (C=O) groups excluding carboxylic acids is 3. The van der Waals surface area contributed by atoms with Gasteiger partial charge in [0.05, 0.1) is 17.4 Å². The number of hydrogen-bond donors (Lipinski definition) is 1. The first-order valence-corrected chi connectivity index (χ1v) is 8.34. The molecule has 1 aromatic carbocycles. The number of hydrogen-bond acceptors (Lipinski definition) is 5. The average molecular weight is 361 g/mol. The predicted octanol–water partition coefficient (Wildman–Crippen LogP) is 2.25. The summed E-state index contributed by atoms with van der Waals surface area (Å²) >= 11 is 0. The lowest BCUT2D eigenvalue weighted by atomic mass is 10.1. The topological polar surface area (TPSA) is 92.5 Å². The lowest BCUT2D eigenvalue weighted by molar-refractivity contribution is -0.121. The van der Waals surface area contributed by atoms with Gasteiger partial charge in [-0.25, -0.2) is 0 Å². The molecule has 0 saturated carbocycles. The standard InChI is InChI=1S/C20H15N3O4/c24-18(12-23-19(25)14-4-1-2-5-15(14)20(23)26)22-11-13-7-8-21-16(10-13)17-6-3-9-27-17/h1-10H,11-12H2,(H,22,24). The van der Waals surface area contributed by atoms with E-state index >= 15 is 0 Å². The molecule has 1 aliphatic heterocycles. The van der Waals surface area contributed by atoms with E-state index in [-0.39, 0.29) is 13.1 Å². The predicted molar refractivity (Wildman–Crippen MR) is 95.6 cm³/mol. The van der Waals surface area contributed by atoms with E-state index in [0.717, 1.165) is 10.5 Å². The van der Waals surface area contributed by atoms with E-state index in [1.807, 2.05) is 0 Å². The van der Waals surface area contributed by atoms with Crippen molar-refractivity contribution in [2.45, 2.75) is 6.54 Å². The number of nitrogens with one attached hydrogen (secondary N) is 1. The zero-order chi connectivity index (χ0) is 18.8. The van der Waals surface area contributed by atoms with Crippen molar-refractivity contribution >= 4 is 17.7 Å². The first-order valence-electron chi connectivity index (χ1n) is 8.34. The molecule has 7 nitrogen and oxygen atoms in total. The van der Waals surface area contributed by atoms with Crippen molar-refractivity contribution in [1.82, 2.24) is 15.2 Å². The van der Waals surface area contributed by atoms with E-state index in [1.54, 1.807) is 61.0 Å². The van der Waals surface area contributed by atoms with Gasteiger partial charge in [-0.2, -0.15) is 0 Å². The third-order valence-corrected chi connectivity index (χ3v) is 4.27. The van der Waals surface area contributed by atoms with Crippen LogP contribution < -0.4 is 5.32 Å². The fraction of sp³-hybridized carbons (Fsp3) is 0.100. The Balaban J connectivity index is 1.39. The van der Waals surface area contributed by atoms with E-state index in [4.69, 9.17) is 4.42 Å². The van der Waals surface area contributed by atoms with Gasteiger partial charge in [-0.15, -0.1) is 0 Å². The fourth-order valence-electron chi connectivity index (χ4n) is 2.93. The Labute approximate surface area is 154 Å². The van der Waals surface area contributed by atoms with Crippen LogP contribution in [0.4, 0.5) is 0 Å². The van der Waals surface area contributed by atoms with Crippen LogP contribution in [0.1, 0.15) is 26.3 Å². The molecule has 3 amide bonds. The van der Waals surface area contributed by atoms with Gasteiger partial charge in [-0.3, -0.25) is 24.3 Å². The summed E-state index contributed by atoms with van der Waals surface area (Å²) in [6.07, 6.45) is 3.19. The summed E-state index contributed by atoms with van der Waals surface area (Å²) in [5.41, 5.74) is 2.14. The molecule has 27 heavy (non-hydrogen) atoms. The molecule has 0 atom stereocenters. The van der Waals surface area contributed by atoms with Gasteiger partial charge in [0, 0.05) is 12.7 Å². The highest BCUT2D eigenvalue weighted by Crippen LogP contribution is 2.22. The summed E-state index contributed by atoms with van der Waals surface area (Å²) in [6.45, 7) is -0.0687. The highest BCUT2D eigenvalue weighted by Gasteiger charge is 2.36. The molecular weight excluding hydrogens is 346 g/mol. The highest BCUT2D eigenvalue weighted by molar-refractivity contribution is 6.22. The smallest absolute Gasteiger partial charge is 0.262 e. The monoisotopic (exact) mass is 361 g/mol. The van der Waals surface area contributed by atoms with E-state index in [2.05, 4.69) is 10.3 Å². The van der Waals surface area contributed by atoms with Crippen LogP contribution in [0.25, 0.3) is 11.5 Å². The van der Waals surface area contributed by atoms with Crippen LogP contribution in [-0.2, 0) is 11.3 Å². The van der Waals surface area contributed by atoms with Gasteiger partial charge in [0.2, 0.25) is 5.91 Å². The van der Waals surface area contributed by atoms with E-state index in [0.29, 0.717) is 22.6 Å². The SMILES string of the molecule is O=C(CN1C(=O)c2ccccc2C1=O)NCc1ccnc(-c2ccco2)c1. The summed E-state index contributed by atoms with van der Waals surface area (Å²) in [7, 11) is 0. The number of aromatic nitrogens is 1. The molecule has 3 aromatic rings. The number of fused-ring (bicyclic) bond motifs is 1. The summed E-state index contributed by atoms with van der Waals surface area (Å²) in [5.74, 6) is -0.681. The molecular formula is C20H15N3O4. The van der Waals surface area contributed by atoms with Gasteiger partial charge in [0.1, 0.15) is 12.2 Å². The minimum absolute atomic E-state index is 0.248. The van der Waals surface area contributed by atoms with Crippen LogP contribution in [-0.4, -0.2) is 34.2 Å². The Morgan fingerprint density at radius 2 is 1.78 bits per heavy atom. The lowest BCUT2D eigenvalue weighted by Gasteiger charge is -2.13. The van der Waals surface area contributed by atoms with Gasteiger partial charge in [0.15, 0.2) is 5.76 Å². The van der Waals surface area contributed by atoms with Crippen molar-refractivity contribution < 1.29 is 18.8 Å². The Kier molecular flexibility index (Phi) is 4.25. The Morgan fingerprint density at radius 3 is 2.44 bits per heavy atom. The van der Waals surface area contributed by atoms with Crippen molar-refractivity contribution in [2.75, 3.05) is 6.54 Å². The molecule has 0 aliphatic carbocycles. The quantitative estimate of drug-likeness (QED) is 0.704. The Morgan fingerprint density at radius 1 is 1.04 bits per heavy atom. The van der Waals surface area contributed by atoms with Gasteiger partial charge >= 0.3 is 0 Å². The maximum atomic E-state index is 12.3. The van der Waals surface area contributed by atoms with Crippen molar-refractivity contribution in [3.05, 3.63) is 77.7 Å². The molecule has 3 heterocycles. The second kappa shape index (κ2) is 6.87.